The lowest BCUT2D eigenvalue weighted by atomic mass is 10.2. The fourth-order valence-electron chi connectivity index (χ4n) is 2.14. The van der Waals surface area contributed by atoms with Gasteiger partial charge in [-0.3, -0.25) is 9.63 Å². The monoisotopic (exact) mass is 317 g/mol. The van der Waals surface area contributed by atoms with Crippen LogP contribution in [0.2, 0.25) is 0 Å². The maximum absolute atomic E-state index is 12.2. The number of hydrogen-bond acceptors (Lipinski definition) is 5. The summed E-state index contributed by atoms with van der Waals surface area (Å²) in [6, 6.07) is 1.69. The predicted molar refractivity (Wildman–Crippen MR) is 81.1 cm³/mol. The van der Waals surface area contributed by atoms with E-state index in [1.807, 2.05) is 18.2 Å². The van der Waals surface area contributed by atoms with E-state index in [0.717, 1.165) is 5.22 Å². The average Bonchev–Trinajstić information content (AvgIpc) is 2.92. The van der Waals surface area contributed by atoms with E-state index < -0.39 is 5.91 Å². The molecule has 0 radical (unpaired) electrons. The van der Waals surface area contributed by atoms with Crippen molar-refractivity contribution in [3.8, 4) is 0 Å². The summed E-state index contributed by atoms with van der Waals surface area (Å²) in [6.45, 7) is 3.71. The van der Waals surface area contributed by atoms with Crippen LogP contribution in [-0.2, 0) is 4.84 Å². The first kappa shape index (κ1) is 14.4. The van der Waals surface area contributed by atoms with Crippen LogP contribution in [0.4, 0.5) is 0 Å². The second-order valence-electron chi connectivity index (χ2n) is 4.51. The fourth-order valence-corrected chi connectivity index (χ4v) is 2.42. The van der Waals surface area contributed by atoms with Crippen LogP contribution in [0.15, 0.2) is 30.9 Å². The molecule has 0 aromatic carbocycles. The van der Waals surface area contributed by atoms with Gasteiger partial charge in [-0.15, -0.1) is 11.7 Å². The van der Waals surface area contributed by atoms with Crippen molar-refractivity contribution in [2.45, 2.75) is 6.42 Å². The van der Waals surface area contributed by atoms with Gasteiger partial charge in [0.2, 0.25) is 0 Å². The summed E-state index contributed by atoms with van der Waals surface area (Å²) in [6.07, 6.45) is 7.76. The van der Waals surface area contributed by atoms with Gasteiger partial charge in [-0.2, -0.15) is 4.52 Å². The molecular weight excluding hydrogens is 306 g/mol. The van der Waals surface area contributed by atoms with Crippen LogP contribution in [-0.4, -0.2) is 32.6 Å². The standard InChI is InChI=1S/C14H12ClN5O2/c1-2-7-22-17-14(21)10-8-9-5-3-4-6-11(15)12(9)20-13(10)16-18-19-20/h2-5,8H,1,6-7H2,(H,17,21). The van der Waals surface area contributed by atoms with Crippen molar-refractivity contribution in [1.29, 1.82) is 0 Å². The number of hydrogen-bond donors (Lipinski definition) is 1. The molecule has 1 aliphatic carbocycles. The Bertz CT molecular complexity index is 900. The normalized spacial score (nSPS) is 13.4. The molecule has 3 rings (SSSR count). The van der Waals surface area contributed by atoms with Gasteiger partial charge in [0, 0.05) is 16.7 Å². The Labute approximate surface area is 130 Å². The zero-order chi connectivity index (χ0) is 15.5. The summed E-state index contributed by atoms with van der Waals surface area (Å²) < 4.78 is 1.46. The Morgan fingerprint density at radius 2 is 2.45 bits per heavy atom. The molecular formula is C14H12ClN5O2. The molecule has 0 saturated heterocycles. The molecule has 2 aromatic rings. The molecule has 0 atom stereocenters. The molecule has 0 aliphatic heterocycles. The first-order valence-electron chi connectivity index (χ1n) is 6.52. The number of aromatic nitrogens is 4. The quantitative estimate of drug-likeness (QED) is 0.490. The molecule has 8 heteroatoms. The molecule has 1 amide bonds. The van der Waals surface area contributed by atoms with E-state index in [1.165, 1.54) is 10.6 Å². The molecule has 1 N–H and O–H groups in total. The van der Waals surface area contributed by atoms with E-state index in [-0.39, 0.29) is 6.61 Å². The first-order valence-corrected chi connectivity index (χ1v) is 6.90. The van der Waals surface area contributed by atoms with Crippen molar-refractivity contribution >= 4 is 34.3 Å². The van der Waals surface area contributed by atoms with Gasteiger partial charge in [0.25, 0.3) is 5.91 Å². The van der Waals surface area contributed by atoms with Gasteiger partial charge in [-0.25, -0.2) is 5.48 Å². The summed E-state index contributed by atoms with van der Waals surface area (Å²) in [4.78, 5) is 17.2. The van der Waals surface area contributed by atoms with E-state index in [2.05, 4.69) is 27.6 Å². The second kappa shape index (κ2) is 6.08. The van der Waals surface area contributed by atoms with Crippen molar-refractivity contribution in [2.24, 2.45) is 0 Å². The molecule has 1 aliphatic rings. The highest BCUT2D eigenvalue weighted by atomic mass is 35.5. The number of carbonyl (C=O) groups is 1. The van der Waals surface area contributed by atoms with Gasteiger partial charge in [0.1, 0.15) is 0 Å². The molecule has 22 heavy (non-hydrogen) atoms. The van der Waals surface area contributed by atoms with Crippen molar-refractivity contribution in [3.63, 3.8) is 0 Å². The number of hydroxylamine groups is 1. The number of nitrogens with zero attached hydrogens (tertiary/aromatic N) is 4. The highest BCUT2D eigenvalue weighted by Gasteiger charge is 2.16. The molecule has 0 bridgehead atoms. The van der Waals surface area contributed by atoms with Crippen molar-refractivity contribution in [1.82, 2.24) is 25.5 Å². The number of fused-ring (bicyclic) bond motifs is 3. The van der Waals surface area contributed by atoms with E-state index in [9.17, 15) is 4.79 Å². The summed E-state index contributed by atoms with van der Waals surface area (Å²) in [5, 5.41) is 13.5. The summed E-state index contributed by atoms with van der Waals surface area (Å²) in [7, 11) is 0. The summed E-state index contributed by atoms with van der Waals surface area (Å²) in [5.41, 5.74) is 2.93. The van der Waals surface area contributed by atoms with E-state index in [4.69, 9.17) is 16.4 Å². The Kier molecular flexibility index (Phi) is 3.99. The molecule has 0 spiro atoms. The number of pyridine rings is 1. The van der Waals surface area contributed by atoms with E-state index >= 15 is 0 Å². The van der Waals surface area contributed by atoms with Gasteiger partial charge in [-0.1, -0.05) is 35.9 Å². The lowest BCUT2D eigenvalue weighted by Crippen LogP contribution is -2.36. The fraction of sp³-hybridized carbons (Fsp3) is 0.143. The first-order chi connectivity index (χ1) is 10.7. The molecule has 0 saturated carbocycles. The maximum atomic E-state index is 12.2. The van der Waals surface area contributed by atoms with Gasteiger partial charge >= 0.3 is 0 Å². The third-order valence-corrected chi connectivity index (χ3v) is 3.41. The Balaban J connectivity index is 2.20. The zero-order valence-electron chi connectivity index (χ0n) is 11.5. The Hall–Kier alpha value is -2.51. The van der Waals surface area contributed by atoms with Crippen molar-refractivity contribution in [3.05, 3.63) is 47.0 Å². The average molecular weight is 318 g/mol. The largest absolute Gasteiger partial charge is 0.278 e. The van der Waals surface area contributed by atoms with Crippen LogP contribution in [0.1, 0.15) is 16.8 Å². The van der Waals surface area contributed by atoms with Crippen LogP contribution in [0.5, 0.6) is 0 Å². The second-order valence-corrected chi connectivity index (χ2v) is 4.97. The van der Waals surface area contributed by atoms with Gasteiger partial charge in [-0.05, 0) is 16.5 Å². The minimum absolute atomic E-state index is 0.201. The number of tetrazole rings is 1. The zero-order valence-corrected chi connectivity index (χ0v) is 12.2. The molecule has 2 aromatic heterocycles. The number of allylic oxidation sites excluding steroid dienone is 2. The summed E-state index contributed by atoms with van der Waals surface area (Å²) in [5.74, 6) is -0.442. The molecule has 0 unspecified atom stereocenters. The molecule has 0 fully saturated rings. The van der Waals surface area contributed by atoms with Crippen molar-refractivity contribution < 1.29 is 9.63 Å². The minimum Gasteiger partial charge on any atom is -0.269 e. The minimum atomic E-state index is -0.442. The van der Waals surface area contributed by atoms with Gasteiger partial charge in [0.05, 0.1) is 17.5 Å². The molecule has 112 valence electrons. The molecule has 2 heterocycles. The maximum Gasteiger partial charge on any atom is 0.278 e. The van der Waals surface area contributed by atoms with Crippen LogP contribution in [0.25, 0.3) is 16.8 Å². The Morgan fingerprint density at radius 1 is 1.59 bits per heavy atom. The van der Waals surface area contributed by atoms with E-state index in [1.54, 1.807) is 6.07 Å². The number of rotatable bonds is 4. The third kappa shape index (κ3) is 2.51. The SMILES string of the molecule is C=CCONC(=O)c1cc2c(n3nnnc13)=C(Cl)CC=CC=2. The van der Waals surface area contributed by atoms with E-state index in [0.29, 0.717) is 28.0 Å². The van der Waals surface area contributed by atoms with Crippen LogP contribution in [0, 0.1) is 0 Å². The highest BCUT2D eigenvalue weighted by Crippen LogP contribution is 2.10. The number of nitrogens with one attached hydrogen (secondary N) is 1. The summed E-state index contributed by atoms with van der Waals surface area (Å²) >= 11 is 6.31. The van der Waals surface area contributed by atoms with Gasteiger partial charge in [0.15, 0.2) is 5.65 Å². The van der Waals surface area contributed by atoms with Crippen LogP contribution >= 0.6 is 11.6 Å². The number of carbonyl (C=O) groups excluding carboxylic acids is 1. The van der Waals surface area contributed by atoms with Crippen molar-refractivity contribution in [2.75, 3.05) is 6.61 Å². The lowest BCUT2D eigenvalue weighted by Gasteiger charge is -2.06. The van der Waals surface area contributed by atoms with Crippen LogP contribution < -0.4 is 16.0 Å². The van der Waals surface area contributed by atoms with Crippen LogP contribution in [0.3, 0.4) is 0 Å². The Morgan fingerprint density at radius 3 is 3.27 bits per heavy atom. The smallest absolute Gasteiger partial charge is 0.269 e. The lowest BCUT2D eigenvalue weighted by molar-refractivity contribution is 0.0422. The highest BCUT2D eigenvalue weighted by molar-refractivity contribution is 6.45. The predicted octanol–water partition coefficient (Wildman–Crippen LogP) is 0.0591. The molecule has 7 nitrogen and oxygen atoms in total. The third-order valence-electron chi connectivity index (χ3n) is 3.07. The number of amides is 1. The van der Waals surface area contributed by atoms with Gasteiger partial charge < -0.3 is 0 Å². The number of halogens is 1. The topological polar surface area (TPSA) is 81.4 Å².